The fraction of sp³-hybridized carbons (Fsp3) is 0.889. The Morgan fingerprint density at radius 3 is 2.43 bits per heavy atom. The summed E-state index contributed by atoms with van der Waals surface area (Å²) in [5, 5.41) is 11.0. The number of ether oxygens (including phenoxy) is 1. The van der Waals surface area contributed by atoms with Crippen LogP contribution in [0.4, 0.5) is 4.79 Å². The van der Waals surface area contributed by atoms with Crippen molar-refractivity contribution in [1.82, 2.24) is 5.32 Å². The molecule has 0 saturated heterocycles. The predicted molar refractivity (Wildman–Crippen MR) is 56.0 cm³/mol. The van der Waals surface area contributed by atoms with Gasteiger partial charge in [0.1, 0.15) is 0 Å². The van der Waals surface area contributed by atoms with Gasteiger partial charge < -0.3 is 15.2 Å². The molecule has 1 rings (SSSR count). The first-order valence-corrected chi connectivity index (χ1v) is 4.83. The summed E-state index contributed by atoms with van der Waals surface area (Å²) in [5.74, 6) is 0. The molecule has 14 heavy (non-hydrogen) atoms. The first kappa shape index (κ1) is 14.2. The second-order valence-corrected chi connectivity index (χ2v) is 3.38. The molecule has 0 aromatic heterocycles. The molecule has 0 unspecified atom stereocenters. The Morgan fingerprint density at radius 1 is 1.43 bits per heavy atom. The van der Waals surface area contributed by atoms with Gasteiger partial charge in [0.05, 0.1) is 6.10 Å². The second kappa shape index (κ2) is 7.51. The van der Waals surface area contributed by atoms with Gasteiger partial charge >= 0.3 is 35.7 Å². The van der Waals surface area contributed by atoms with Crippen molar-refractivity contribution in [2.45, 2.75) is 44.8 Å². The molecular weight excluding hydrogens is 193 g/mol. The molecule has 0 atom stereocenters. The van der Waals surface area contributed by atoms with Gasteiger partial charge in [0, 0.05) is 12.6 Å². The van der Waals surface area contributed by atoms with Crippen molar-refractivity contribution >= 4 is 35.7 Å². The average molecular weight is 211 g/mol. The molecule has 0 aromatic carbocycles. The summed E-state index contributed by atoms with van der Waals surface area (Å²) in [5.41, 5.74) is 0. The van der Waals surface area contributed by atoms with Crippen molar-refractivity contribution in [3.05, 3.63) is 0 Å². The summed E-state index contributed by atoms with van der Waals surface area (Å²) in [7, 11) is 0. The van der Waals surface area contributed by atoms with Gasteiger partial charge in [-0.1, -0.05) is 0 Å². The van der Waals surface area contributed by atoms with Gasteiger partial charge in [0.25, 0.3) is 0 Å². The Bertz CT molecular complexity index is 169. The van der Waals surface area contributed by atoms with E-state index in [1.54, 1.807) is 0 Å². The molecule has 0 aromatic rings. The number of nitrogens with one attached hydrogen (secondary N) is 1. The fourth-order valence-electron chi connectivity index (χ4n) is 1.78. The summed E-state index contributed by atoms with van der Waals surface area (Å²) >= 11 is 0. The summed E-state index contributed by atoms with van der Waals surface area (Å²) < 4.78 is 5.46. The molecule has 0 aliphatic heterocycles. The monoisotopic (exact) mass is 211 g/mol. The first-order valence-electron chi connectivity index (χ1n) is 4.83. The first-order chi connectivity index (χ1) is 6.22. The minimum atomic E-state index is -0.917. The Labute approximate surface area is 107 Å². The summed E-state index contributed by atoms with van der Waals surface area (Å²) in [6.07, 6.45) is 3.17. The molecule has 0 radical (unpaired) electrons. The van der Waals surface area contributed by atoms with E-state index in [9.17, 15) is 4.79 Å². The standard InChI is InChI=1S/C9H17NO3.Na.H/c1-2-13-8-5-3-7(4-6-8)10-9(11)12;;/h7-8,10H,2-6H2,1H3,(H,11,12);;/t7-,8-;;. The van der Waals surface area contributed by atoms with E-state index in [2.05, 4.69) is 5.32 Å². The van der Waals surface area contributed by atoms with Crippen molar-refractivity contribution in [3.8, 4) is 0 Å². The zero-order valence-corrected chi connectivity index (χ0v) is 7.95. The Kier molecular flexibility index (Phi) is 7.64. The number of hydrogen-bond acceptors (Lipinski definition) is 2. The van der Waals surface area contributed by atoms with Crippen molar-refractivity contribution in [2.24, 2.45) is 0 Å². The van der Waals surface area contributed by atoms with Gasteiger partial charge in [-0.2, -0.15) is 0 Å². The SMILES string of the molecule is CCO[C@H]1CC[C@H](NC(=O)O)CC1.[NaH]. The van der Waals surface area contributed by atoms with Gasteiger partial charge in [-0.05, 0) is 32.6 Å². The zero-order chi connectivity index (χ0) is 9.68. The Morgan fingerprint density at radius 2 is 2.00 bits per heavy atom. The van der Waals surface area contributed by atoms with E-state index >= 15 is 0 Å². The number of carboxylic acid groups (broad SMARTS) is 1. The van der Waals surface area contributed by atoms with Crippen LogP contribution in [0.2, 0.25) is 0 Å². The van der Waals surface area contributed by atoms with Crippen LogP contribution in [-0.4, -0.2) is 59.5 Å². The predicted octanol–water partition coefficient (Wildman–Crippen LogP) is 0.953. The van der Waals surface area contributed by atoms with E-state index in [1.165, 1.54) is 0 Å². The topological polar surface area (TPSA) is 58.6 Å². The third kappa shape index (κ3) is 5.20. The number of hydrogen-bond donors (Lipinski definition) is 2. The van der Waals surface area contributed by atoms with Crippen LogP contribution in [-0.2, 0) is 4.74 Å². The van der Waals surface area contributed by atoms with Crippen molar-refractivity contribution in [2.75, 3.05) is 6.61 Å². The van der Waals surface area contributed by atoms with E-state index in [4.69, 9.17) is 9.84 Å². The van der Waals surface area contributed by atoms with E-state index in [0.717, 1.165) is 32.3 Å². The van der Waals surface area contributed by atoms with E-state index in [0.29, 0.717) is 6.10 Å². The van der Waals surface area contributed by atoms with Crippen LogP contribution in [0.1, 0.15) is 32.6 Å². The molecule has 1 aliphatic rings. The molecule has 1 amide bonds. The maximum absolute atomic E-state index is 10.3. The molecule has 2 N–H and O–H groups in total. The summed E-state index contributed by atoms with van der Waals surface area (Å²) in [6.45, 7) is 2.74. The van der Waals surface area contributed by atoms with Gasteiger partial charge in [-0.15, -0.1) is 0 Å². The fourth-order valence-corrected chi connectivity index (χ4v) is 1.78. The van der Waals surface area contributed by atoms with Gasteiger partial charge in [-0.3, -0.25) is 0 Å². The molecule has 78 valence electrons. The van der Waals surface area contributed by atoms with Crippen LogP contribution in [0.5, 0.6) is 0 Å². The van der Waals surface area contributed by atoms with Gasteiger partial charge in [0.2, 0.25) is 0 Å². The number of rotatable bonds is 3. The van der Waals surface area contributed by atoms with Crippen LogP contribution in [0.15, 0.2) is 0 Å². The molecule has 1 aliphatic carbocycles. The van der Waals surface area contributed by atoms with Crippen LogP contribution in [0, 0.1) is 0 Å². The number of carbonyl (C=O) groups is 1. The van der Waals surface area contributed by atoms with E-state index in [-0.39, 0.29) is 35.6 Å². The van der Waals surface area contributed by atoms with Gasteiger partial charge in [0.15, 0.2) is 0 Å². The molecule has 0 bridgehead atoms. The zero-order valence-electron chi connectivity index (χ0n) is 7.95. The third-order valence-corrected chi connectivity index (χ3v) is 2.40. The van der Waals surface area contributed by atoms with Crippen molar-refractivity contribution in [1.29, 1.82) is 0 Å². The normalized spacial score (nSPS) is 26.4. The summed E-state index contributed by atoms with van der Waals surface area (Å²) in [4.78, 5) is 10.3. The van der Waals surface area contributed by atoms with Crippen LogP contribution >= 0.6 is 0 Å². The Hall–Kier alpha value is 0.230. The molecule has 0 heterocycles. The Balaban J connectivity index is 0.00000169. The molecule has 4 nitrogen and oxygen atoms in total. The van der Waals surface area contributed by atoms with Crippen LogP contribution in [0.25, 0.3) is 0 Å². The molecule has 1 fully saturated rings. The van der Waals surface area contributed by atoms with Crippen molar-refractivity contribution in [3.63, 3.8) is 0 Å². The van der Waals surface area contributed by atoms with E-state index < -0.39 is 6.09 Å². The average Bonchev–Trinajstić information content (AvgIpc) is 2.08. The maximum atomic E-state index is 10.3. The third-order valence-electron chi connectivity index (χ3n) is 2.40. The second-order valence-electron chi connectivity index (χ2n) is 3.38. The minimum absolute atomic E-state index is 0. The van der Waals surface area contributed by atoms with Crippen LogP contribution < -0.4 is 5.32 Å². The summed E-state index contributed by atoms with van der Waals surface area (Å²) in [6, 6.07) is 0.134. The quantitative estimate of drug-likeness (QED) is 0.683. The number of amides is 1. The molecule has 5 heteroatoms. The molecular formula is C9H18NNaO3. The van der Waals surface area contributed by atoms with Crippen LogP contribution in [0.3, 0.4) is 0 Å². The van der Waals surface area contributed by atoms with Gasteiger partial charge in [-0.25, -0.2) is 4.79 Å². The van der Waals surface area contributed by atoms with Crippen molar-refractivity contribution < 1.29 is 14.6 Å². The van der Waals surface area contributed by atoms with E-state index in [1.807, 2.05) is 6.92 Å². The molecule has 1 saturated carbocycles. The molecule has 0 spiro atoms.